The number of hydrogen-bond donors (Lipinski definition) is 3. The van der Waals surface area contributed by atoms with Gasteiger partial charge in [-0.2, -0.15) is 0 Å². The lowest BCUT2D eigenvalue weighted by Crippen LogP contribution is -3.13. The van der Waals surface area contributed by atoms with Gasteiger partial charge in [0, 0.05) is 5.02 Å². The largest absolute Gasteiger partial charge is 0.463 e. The molecule has 3 rings (SSSR count). The van der Waals surface area contributed by atoms with Gasteiger partial charge in [-0.15, -0.1) is 0 Å². The van der Waals surface area contributed by atoms with E-state index in [9.17, 15) is 9.59 Å². The first-order chi connectivity index (χ1) is 12.6. The van der Waals surface area contributed by atoms with Crippen molar-refractivity contribution in [3.63, 3.8) is 0 Å². The molecular formula is C19H25ClN3O3+. The van der Waals surface area contributed by atoms with E-state index in [1.807, 2.05) is 12.1 Å². The van der Waals surface area contributed by atoms with E-state index >= 15 is 0 Å². The summed E-state index contributed by atoms with van der Waals surface area (Å²) in [4.78, 5) is 26.3. The fraction of sp³-hybridized carbons (Fsp3) is 0.474. The second-order valence-electron chi connectivity index (χ2n) is 6.68. The van der Waals surface area contributed by atoms with E-state index in [4.69, 9.17) is 16.3 Å². The van der Waals surface area contributed by atoms with Gasteiger partial charge < -0.3 is 20.3 Å². The molecule has 2 heterocycles. The van der Waals surface area contributed by atoms with Gasteiger partial charge in [0.05, 0.1) is 37.0 Å². The molecule has 1 fully saturated rings. The van der Waals surface area contributed by atoms with E-state index in [1.165, 1.54) is 24.2 Å². The summed E-state index contributed by atoms with van der Waals surface area (Å²) >= 11 is 5.98. The van der Waals surface area contributed by atoms with E-state index in [0.717, 1.165) is 18.7 Å². The monoisotopic (exact) mass is 378 g/mol. The number of quaternary nitrogens is 1. The molecule has 26 heavy (non-hydrogen) atoms. The third kappa shape index (κ3) is 4.37. The predicted octanol–water partition coefficient (Wildman–Crippen LogP) is 1.58. The maximum Gasteiger partial charge on any atom is 0.338 e. The zero-order chi connectivity index (χ0) is 18.5. The molecule has 2 aliphatic rings. The first kappa shape index (κ1) is 18.7. The molecule has 2 amide bonds. The van der Waals surface area contributed by atoms with Crippen LogP contribution in [0, 0.1) is 0 Å². The van der Waals surface area contributed by atoms with Gasteiger partial charge in [0.1, 0.15) is 6.54 Å². The molecule has 0 bridgehead atoms. The molecule has 0 saturated carbocycles. The number of benzene rings is 1. The number of urea groups is 1. The first-order valence-corrected chi connectivity index (χ1v) is 9.53. The summed E-state index contributed by atoms with van der Waals surface area (Å²) in [6.45, 7) is 4.78. The Kier molecular flexibility index (Phi) is 6.16. The van der Waals surface area contributed by atoms with Crippen LogP contribution in [0.3, 0.4) is 0 Å². The van der Waals surface area contributed by atoms with E-state index in [2.05, 4.69) is 10.6 Å². The Hall–Kier alpha value is -2.05. The lowest BCUT2D eigenvalue weighted by molar-refractivity contribution is -0.900. The van der Waals surface area contributed by atoms with Gasteiger partial charge in [0.2, 0.25) is 0 Å². The molecule has 1 aromatic rings. The minimum absolute atomic E-state index is 0.285. The smallest absolute Gasteiger partial charge is 0.338 e. The number of likely N-dealkylation sites (tertiary alicyclic amines) is 1. The van der Waals surface area contributed by atoms with Gasteiger partial charge in [0.25, 0.3) is 0 Å². The number of carbonyl (C=O) groups is 2. The van der Waals surface area contributed by atoms with Crippen LogP contribution in [0.4, 0.5) is 4.79 Å². The molecule has 3 N–H and O–H groups in total. The molecule has 0 aromatic heterocycles. The van der Waals surface area contributed by atoms with Crippen molar-refractivity contribution in [2.75, 3.05) is 26.2 Å². The number of amides is 2. The fourth-order valence-corrected chi connectivity index (χ4v) is 3.72. The SMILES string of the molecule is CCOC(=O)C1=C(C[NH+]2CCCCC2)NC(=O)N[C@H]1c1ccc(Cl)cc1. The number of esters is 1. The van der Waals surface area contributed by atoms with Crippen molar-refractivity contribution < 1.29 is 19.2 Å². The van der Waals surface area contributed by atoms with Crippen molar-refractivity contribution in [3.05, 3.63) is 46.1 Å². The quantitative estimate of drug-likeness (QED) is 0.681. The Morgan fingerprint density at radius 3 is 2.58 bits per heavy atom. The van der Waals surface area contributed by atoms with E-state index in [0.29, 0.717) is 22.8 Å². The minimum Gasteiger partial charge on any atom is -0.463 e. The van der Waals surface area contributed by atoms with Crippen LogP contribution >= 0.6 is 11.6 Å². The van der Waals surface area contributed by atoms with Crippen LogP contribution in [0.2, 0.25) is 5.02 Å². The normalized spacial score (nSPS) is 21.2. The third-order valence-electron chi connectivity index (χ3n) is 4.84. The van der Waals surface area contributed by atoms with E-state index < -0.39 is 12.0 Å². The van der Waals surface area contributed by atoms with Crippen LogP contribution < -0.4 is 15.5 Å². The van der Waals surface area contributed by atoms with Gasteiger partial charge in [-0.05, 0) is 43.9 Å². The van der Waals surface area contributed by atoms with Crippen LogP contribution in [-0.2, 0) is 9.53 Å². The third-order valence-corrected chi connectivity index (χ3v) is 5.09. The number of halogens is 1. The van der Waals surface area contributed by atoms with Crippen molar-refractivity contribution in [1.29, 1.82) is 0 Å². The van der Waals surface area contributed by atoms with E-state index in [-0.39, 0.29) is 12.6 Å². The van der Waals surface area contributed by atoms with Crippen LogP contribution in [-0.4, -0.2) is 38.2 Å². The van der Waals surface area contributed by atoms with Crippen LogP contribution in [0.5, 0.6) is 0 Å². The average Bonchev–Trinajstić information content (AvgIpc) is 2.63. The van der Waals surface area contributed by atoms with Crippen molar-refractivity contribution in [1.82, 2.24) is 10.6 Å². The summed E-state index contributed by atoms with van der Waals surface area (Å²) in [5.74, 6) is -0.397. The van der Waals surface area contributed by atoms with Crippen LogP contribution in [0.1, 0.15) is 37.8 Å². The zero-order valence-corrected chi connectivity index (χ0v) is 15.7. The number of ether oxygens (including phenoxy) is 1. The predicted molar refractivity (Wildman–Crippen MR) is 98.9 cm³/mol. The van der Waals surface area contributed by atoms with Crippen molar-refractivity contribution in [3.8, 4) is 0 Å². The molecule has 1 atom stereocenters. The van der Waals surface area contributed by atoms with Gasteiger partial charge >= 0.3 is 12.0 Å². The fourth-order valence-electron chi connectivity index (χ4n) is 3.59. The summed E-state index contributed by atoms with van der Waals surface area (Å²) in [7, 11) is 0. The summed E-state index contributed by atoms with van der Waals surface area (Å²) < 4.78 is 5.29. The molecule has 2 aliphatic heterocycles. The molecule has 6 nitrogen and oxygen atoms in total. The zero-order valence-electron chi connectivity index (χ0n) is 14.9. The molecule has 0 spiro atoms. The topological polar surface area (TPSA) is 71.9 Å². The first-order valence-electron chi connectivity index (χ1n) is 9.15. The van der Waals surface area contributed by atoms with E-state index in [1.54, 1.807) is 19.1 Å². The molecule has 140 valence electrons. The summed E-state index contributed by atoms with van der Waals surface area (Å²) in [6.07, 6.45) is 3.59. The maximum absolute atomic E-state index is 12.7. The number of hydrogen-bond acceptors (Lipinski definition) is 3. The second kappa shape index (κ2) is 8.56. The highest BCUT2D eigenvalue weighted by Gasteiger charge is 2.35. The molecule has 7 heteroatoms. The molecular weight excluding hydrogens is 354 g/mol. The number of rotatable bonds is 5. The second-order valence-corrected chi connectivity index (χ2v) is 7.12. The maximum atomic E-state index is 12.7. The Bertz CT molecular complexity index is 696. The number of carbonyl (C=O) groups excluding carboxylic acids is 2. The number of piperidine rings is 1. The van der Waals surface area contributed by atoms with Crippen molar-refractivity contribution in [2.45, 2.75) is 32.2 Å². The molecule has 0 unspecified atom stereocenters. The summed E-state index contributed by atoms with van der Waals surface area (Å²) in [5, 5.41) is 6.30. The summed E-state index contributed by atoms with van der Waals surface area (Å²) in [6, 6.07) is 6.31. The van der Waals surface area contributed by atoms with Crippen molar-refractivity contribution in [2.24, 2.45) is 0 Å². The lowest BCUT2D eigenvalue weighted by atomic mass is 9.94. The van der Waals surface area contributed by atoms with Gasteiger partial charge in [0.15, 0.2) is 0 Å². The van der Waals surface area contributed by atoms with Crippen molar-refractivity contribution >= 4 is 23.6 Å². The molecule has 1 aromatic carbocycles. The lowest BCUT2D eigenvalue weighted by Gasteiger charge is -2.31. The van der Waals surface area contributed by atoms with Gasteiger partial charge in [-0.25, -0.2) is 9.59 Å². The highest BCUT2D eigenvalue weighted by molar-refractivity contribution is 6.30. The molecule has 0 aliphatic carbocycles. The standard InChI is InChI=1S/C19H24ClN3O3/c1-2-26-18(24)16-15(12-23-10-4-3-5-11-23)21-19(25)22-17(16)13-6-8-14(20)9-7-13/h6-9,17H,2-5,10-12H2,1H3,(H2,21,22,25)/p+1/t17-/m0/s1. The highest BCUT2D eigenvalue weighted by Crippen LogP contribution is 2.28. The van der Waals surface area contributed by atoms with Crippen LogP contribution in [0.25, 0.3) is 0 Å². The Labute approximate surface area is 158 Å². The van der Waals surface area contributed by atoms with Crippen LogP contribution in [0.15, 0.2) is 35.5 Å². The van der Waals surface area contributed by atoms with Gasteiger partial charge in [-0.1, -0.05) is 23.7 Å². The summed E-state index contributed by atoms with van der Waals surface area (Å²) in [5.41, 5.74) is 1.94. The Balaban J connectivity index is 1.96. The number of nitrogens with one attached hydrogen (secondary N) is 3. The molecule has 1 saturated heterocycles. The van der Waals surface area contributed by atoms with Gasteiger partial charge in [-0.3, -0.25) is 0 Å². The Morgan fingerprint density at radius 1 is 1.23 bits per heavy atom. The highest BCUT2D eigenvalue weighted by atomic mass is 35.5. The minimum atomic E-state index is -0.542. The average molecular weight is 379 g/mol. The Morgan fingerprint density at radius 2 is 1.92 bits per heavy atom. The molecule has 0 radical (unpaired) electrons.